The van der Waals surface area contributed by atoms with Crippen molar-refractivity contribution in [1.29, 1.82) is 0 Å². The number of hydrogen-bond donors (Lipinski definition) is 2. The molecule has 0 aliphatic heterocycles. The molecule has 142 valence electrons. The van der Waals surface area contributed by atoms with Crippen LogP contribution in [0.5, 0.6) is 0 Å². The summed E-state index contributed by atoms with van der Waals surface area (Å²) in [6.45, 7) is 2.09. The highest BCUT2D eigenvalue weighted by Gasteiger charge is 2.38. The second-order valence-corrected chi connectivity index (χ2v) is 5.70. The third-order valence-corrected chi connectivity index (χ3v) is 3.57. The summed E-state index contributed by atoms with van der Waals surface area (Å²) in [5, 5.41) is 11.4. The molecular weight excluding hydrogens is 359 g/mol. The van der Waals surface area contributed by atoms with Crippen LogP contribution < -0.4 is 5.32 Å². The Morgan fingerprint density at radius 1 is 1.07 bits per heavy atom. The van der Waals surface area contributed by atoms with Crippen molar-refractivity contribution in [1.82, 2.24) is 0 Å². The number of benzene rings is 2. The maximum Gasteiger partial charge on any atom is 0.490 e. The molecule has 0 aliphatic rings. The Morgan fingerprint density at radius 2 is 1.70 bits per heavy atom. The van der Waals surface area contributed by atoms with Gasteiger partial charge in [0.05, 0.1) is 0 Å². The molecule has 0 unspecified atom stereocenters. The number of furan rings is 1. The molecule has 7 heteroatoms. The van der Waals surface area contributed by atoms with Crippen molar-refractivity contribution in [2.75, 3.05) is 12.4 Å². The molecule has 2 aromatic carbocycles. The van der Waals surface area contributed by atoms with E-state index < -0.39 is 12.1 Å². The number of nitrogens with one attached hydrogen (secondary N) is 1. The number of carboxylic acids is 1. The first-order valence-electron chi connectivity index (χ1n) is 7.95. The van der Waals surface area contributed by atoms with Gasteiger partial charge in [-0.15, -0.1) is 0 Å². The number of carbonyl (C=O) groups is 1. The summed E-state index contributed by atoms with van der Waals surface area (Å²) >= 11 is 0. The summed E-state index contributed by atoms with van der Waals surface area (Å²) in [6.07, 6.45) is -1.02. The van der Waals surface area contributed by atoms with Crippen LogP contribution in [0.2, 0.25) is 0 Å². The van der Waals surface area contributed by atoms with Crippen LogP contribution in [-0.4, -0.2) is 24.3 Å². The third kappa shape index (κ3) is 5.91. The molecule has 0 bridgehead atoms. The van der Waals surface area contributed by atoms with E-state index >= 15 is 0 Å². The van der Waals surface area contributed by atoms with Gasteiger partial charge in [-0.2, -0.15) is 13.2 Å². The molecule has 0 atom stereocenters. The van der Waals surface area contributed by atoms with Crippen molar-refractivity contribution in [3.63, 3.8) is 0 Å². The Bertz CT molecular complexity index is 941. The van der Waals surface area contributed by atoms with Crippen molar-refractivity contribution in [2.24, 2.45) is 0 Å². The second-order valence-electron chi connectivity index (χ2n) is 5.70. The van der Waals surface area contributed by atoms with E-state index in [2.05, 4.69) is 60.8 Å². The fourth-order valence-corrected chi connectivity index (χ4v) is 2.20. The maximum atomic E-state index is 10.6. The summed E-state index contributed by atoms with van der Waals surface area (Å²) in [4.78, 5) is 8.90. The molecule has 1 aromatic heterocycles. The summed E-state index contributed by atoms with van der Waals surface area (Å²) in [6, 6.07) is 16.6. The van der Waals surface area contributed by atoms with Crippen LogP contribution in [0.4, 0.5) is 18.9 Å². The summed E-state index contributed by atoms with van der Waals surface area (Å²) in [5.41, 5.74) is 4.44. The number of hydrogen-bond acceptors (Lipinski definition) is 3. The molecule has 0 aliphatic carbocycles. The van der Waals surface area contributed by atoms with Gasteiger partial charge >= 0.3 is 12.1 Å². The molecule has 0 radical (unpaired) electrons. The molecule has 3 rings (SSSR count). The van der Waals surface area contributed by atoms with Gasteiger partial charge in [0.2, 0.25) is 0 Å². The molecular formula is C20H18F3NO3. The minimum Gasteiger partial charge on any atom is -0.475 e. The number of aliphatic carboxylic acids is 1. The van der Waals surface area contributed by atoms with E-state index in [9.17, 15) is 13.2 Å². The van der Waals surface area contributed by atoms with Gasteiger partial charge in [0.15, 0.2) is 0 Å². The van der Waals surface area contributed by atoms with Crippen molar-refractivity contribution in [3.8, 4) is 0 Å². The van der Waals surface area contributed by atoms with Crippen LogP contribution in [0.15, 0.2) is 52.9 Å². The minimum absolute atomic E-state index is 0.878. The van der Waals surface area contributed by atoms with Crippen molar-refractivity contribution in [3.05, 3.63) is 65.4 Å². The normalized spacial score (nSPS) is 11.3. The predicted octanol–water partition coefficient (Wildman–Crippen LogP) is 5.59. The lowest BCUT2D eigenvalue weighted by atomic mass is 10.1. The molecule has 4 nitrogen and oxygen atoms in total. The van der Waals surface area contributed by atoms with E-state index in [1.165, 1.54) is 5.56 Å². The van der Waals surface area contributed by atoms with Gasteiger partial charge in [0.1, 0.15) is 11.3 Å². The number of alkyl halides is 3. The second kappa shape index (κ2) is 8.44. The molecule has 0 saturated heterocycles. The average molecular weight is 377 g/mol. The SMILES string of the molecule is CNc1ccc(/C=C/c2cc3cc(C)ccc3o2)cc1.O=C(O)C(F)(F)F. The van der Waals surface area contributed by atoms with E-state index in [1.807, 2.05) is 19.2 Å². The Balaban J connectivity index is 0.000000321. The van der Waals surface area contributed by atoms with Gasteiger partial charge in [-0.3, -0.25) is 0 Å². The molecule has 3 aromatic rings. The van der Waals surface area contributed by atoms with Gasteiger partial charge < -0.3 is 14.8 Å². The largest absolute Gasteiger partial charge is 0.490 e. The zero-order valence-electron chi connectivity index (χ0n) is 14.7. The molecule has 0 fully saturated rings. The van der Waals surface area contributed by atoms with E-state index in [-0.39, 0.29) is 0 Å². The van der Waals surface area contributed by atoms with E-state index in [1.54, 1.807) is 0 Å². The Labute approximate surface area is 153 Å². The highest BCUT2D eigenvalue weighted by atomic mass is 19.4. The first-order chi connectivity index (χ1) is 12.7. The lowest BCUT2D eigenvalue weighted by Crippen LogP contribution is -2.21. The van der Waals surface area contributed by atoms with Crippen LogP contribution in [0.3, 0.4) is 0 Å². The predicted molar refractivity (Wildman–Crippen MR) is 99.6 cm³/mol. The van der Waals surface area contributed by atoms with Crippen molar-refractivity contribution in [2.45, 2.75) is 13.1 Å². The molecule has 1 heterocycles. The molecule has 0 amide bonds. The van der Waals surface area contributed by atoms with Crippen LogP contribution in [0, 0.1) is 6.92 Å². The van der Waals surface area contributed by atoms with Gasteiger partial charge in [0.25, 0.3) is 0 Å². The van der Waals surface area contributed by atoms with Gasteiger partial charge in [-0.25, -0.2) is 4.79 Å². The van der Waals surface area contributed by atoms with Crippen molar-refractivity contribution < 1.29 is 27.5 Å². The molecule has 0 saturated carbocycles. The lowest BCUT2D eigenvalue weighted by molar-refractivity contribution is -0.192. The quantitative estimate of drug-likeness (QED) is 0.625. The number of rotatable bonds is 3. The average Bonchev–Trinajstić information content (AvgIpc) is 3.02. The number of aryl methyl sites for hydroxylation is 1. The highest BCUT2D eigenvalue weighted by molar-refractivity contribution is 5.82. The fraction of sp³-hybridized carbons (Fsp3) is 0.150. The van der Waals surface area contributed by atoms with Crippen LogP contribution in [0.1, 0.15) is 16.9 Å². The van der Waals surface area contributed by atoms with Crippen LogP contribution in [-0.2, 0) is 4.79 Å². The van der Waals surface area contributed by atoms with Gasteiger partial charge in [-0.1, -0.05) is 29.8 Å². The standard InChI is InChI=1S/C18H17NO.C2HF3O2/c1-13-3-10-18-15(11-13)12-17(20-18)9-6-14-4-7-16(19-2)8-5-14;3-2(4,5)1(6)7/h3-12,19H,1-2H3;(H,6,7)/b9-6+;. The number of anilines is 1. The number of fused-ring (bicyclic) bond motifs is 1. The zero-order chi connectivity index (χ0) is 20.0. The van der Waals surface area contributed by atoms with Gasteiger partial charge in [0, 0.05) is 18.1 Å². The Hall–Kier alpha value is -3.22. The Kier molecular flexibility index (Phi) is 6.28. The van der Waals surface area contributed by atoms with E-state index in [0.29, 0.717) is 0 Å². The first-order valence-corrected chi connectivity index (χ1v) is 7.95. The third-order valence-electron chi connectivity index (χ3n) is 3.57. The number of carboxylic acid groups (broad SMARTS) is 1. The molecule has 0 spiro atoms. The lowest BCUT2D eigenvalue weighted by Gasteiger charge is -1.98. The topological polar surface area (TPSA) is 62.5 Å². The summed E-state index contributed by atoms with van der Waals surface area (Å²) in [5.74, 6) is -1.88. The monoisotopic (exact) mass is 377 g/mol. The molecule has 27 heavy (non-hydrogen) atoms. The van der Waals surface area contributed by atoms with Crippen LogP contribution >= 0.6 is 0 Å². The molecule has 2 N–H and O–H groups in total. The van der Waals surface area contributed by atoms with E-state index in [4.69, 9.17) is 14.3 Å². The van der Waals surface area contributed by atoms with Gasteiger partial charge in [-0.05, 0) is 48.9 Å². The highest BCUT2D eigenvalue weighted by Crippen LogP contribution is 2.22. The summed E-state index contributed by atoms with van der Waals surface area (Å²) < 4.78 is 37.5. The zero-order valence-corrected chi connectivity index (χ0v) is 14.7. The smallest absolute Gasteiger partial charge is 0.475 e. The van der Waals surface area contributed by atoms with Crippen LogP contribution in [0.25, 0.3) is 23.1 Å². The fourth-order valence-electron chi connectivity index (χ4n) is 2.20. The number of halogens is 3. The minimum atomic E-state index is -5.08. The summed E-state index contributed by atoms with van der Waals surface area (Å²) in [7, 11) is 1.92. The maximum absolute atomic E-state index is 10.6. The van der Waals surface area contributed by atoms with E-state index in [0.717, 1.165) is 28.0 Å². The van der Waals surface area contributed by atoms with Crippen molar-refractivity contribution >= 4 is 34.8 Å². The Morgan fingerprint density at radius 3 is 2.26 bits per heavy atom. The first kappa shape index (κ1) is 20.1.